The number of anilines is 1. The molecule has 2 N–H and O–H groups in total. The average molecular weight is 388 g/mol. The van der Waals surface area contributed by atoms with Crippen LogP contribution in [0.2, 0.25) is 0 Å². The van der Waals surface area contributed by atoms with E-state index in [4.69, 9.17) is 4.74 Å². The molecule has 1 aliphatic rings. The molecule has 3 aromatic carbocycles. The number of nitrogens with one attached hydrogen (secondary N) is 2. The number of halogens is 1. The molecule has 0 aromatic heterocycles. The number of amides is 2. The number of hydrogen-bond donors (Lipinski definition) is 2. The minimum absolute atomic E-state index is 0.178. The zero-order valence-corrected chi connectivity index (χ0v) is 15.3. The molecule has 4 rings (SSSR count). The molecule has 6 heteroatoms. The van der Waals surface area contributed by atoms with Gasteiger partial charge in [0, 0.05) is 12.1 Å². The molecule has 144 valence electrons. The summed E-state index contributed by atoms with van der Waals surface area (Å²) in [5, 5.41) is 5.56. The van der Waals surface area contributed by atoms with E-state index in [1.807, 2.05) is 12.1 Å². The van der Waals surface area contributed by atoms with E-state index in [0.29, 0.717) is 23.5 Å². The van der Waals surface area contributed by atoms with E-state index in [2.05, 4.69) is 10.6 Å². The summed E-state index contributed by atoms with van der Waals surface area (Å²) in [4.78, 5) is 24.5. The molecule has 2 amide bonds. The van der Waals surface area contributed by atoms with Gasteiger partial charge in [0.2, 0.25) is 0 Å². The summed E-state index contributed by atoms with van der Waals surface area (Å²) in [6.45, 7) is 0.304. The molecule has 1 heterocycles. The summed E-state index contributed by atoms with van der Waals surface area (Å²) in [7, 11) is 0. The van der Waals surface area contributed by atoms with E-state index in [1.165, 1.54) is 12.1 Å². The average Bonchev–Trinajstić information content (AvgIpc) is 2.74. The predicted molar refractivity (Wildman–Crippen MR) is 108 cm³/mol. The minimum Gasteiger partial charge on any atom is -0.449 e. The molecule has 0 unspecified atom stereocenters. The minimum atomic E-state index is -0.329. The van der Waals surface area contributed by atoms with Crippen LogP contribution in [0.25, 0.3) is 6.08 Å². The highest BCUT2D eigenvalue weighted by atomic mass is 19.1. The molecular formula is C23H17FN2O3. The highest BCUT2D eigenvalue weighted by Crippen LogP contribution is 2.30. The molecule has 3 aromatic rings. The fraction of sp³-hybridized carbons (Fsp3) is 0.0435. The quantitative estimate of drug-likeness (QED) is 0.661. The third kappa shape index (κ3) is 4.32. The van der Waals surface area contributed by atoms with Crippen LogP contribution in [-0.4, -0.2) is 11.8 Å². The summed E-state index contributed by atoms with van der Waals surface area (Å²) in [6, 6.07) is 19.9. The molecular weight excluding hydrogens is 371 g/mol. The van der Waals surface area contributed by atoms with Gasteiger partial charge in [0.25, 0.3) is 11.8 Å². The Morgan fingerprint density at radius 2 is 1.72 bits per heavy atom. The second kappa shape index (κ2) is 7.98. The summed E-state index contributed by atoms with van der Waals surface area (Å²) < 4.78 is 18.6. The van der Waals surface area contributed by atoms with Crippen LogP contribution in [-0.2, 0) is 11.3 Å². The van der Waals surface area contributed by atoms with E-state index in [0.717, 1.165) is 11.1 Å². The zero-order chi connectivity index (χ0) is 20.2. The molecule has 0 saturated heterocycles. The number of carbonyl (C=O) groups is 2. The Labute approximate surface area is 166 Å². The predicted octanol–water partition coefficient (Wildman–Crippen LogP) is 4.13. The fourth-order valence-electron chi connectivity index (χ4n) is 2.87. The van der Waals surface area contributed by atoms with Crippen molar-refractivity contribution in [3.63, 3.8) is 0 Å². The van der Waals surface area contributed by atoms with Gasteiger partial charge in [0.1, 0.15) is 5.82 Å². The molecule has 0 atom stereocenters. The topological polar surface area (TPSA) is 67.4 Å². The van der Waals surface area contributed by atoms with Crippen LogP contribution in [0.15, 0.2) is 78.6 Å². The van der Waals surface area contributed by atoms with Crippen LogP contribution >= 0.6 is 0 Å². The molecule has 1 aliphatic heterocycles. The van der Waals surface area contributed by atoms with Crippen LogP contribution in [0.1, 0.15) is 21.5 Å². The van der Waals surface area contributed by atoms with Crippen molar-refractivity contribution >= 4 is 23.6 Å². The normalized spacial score (nSPS) is 14.0. The Bertz CT molecular complexity index is 1090. The van der Waals surface area contributed by atoms with Crippen molar-refractivity contribution in [3.05, 3.63) is 101 Å². The number of para-hydroxylation sites is 2. The highest BCUT2D eigenvalue weighted by Gasteiger charge is 2.21. The Morgan fingerprint density at radius 1 is 1.00 bits per heavy atom. The first-order valence-corrected chi connectivity index (χ1v) is 9.01. The summed E-state index contributed by atoms with van der Waals surface area (Å²) in [6.07, 6.45) is 1.62. The number of ether oxygens (including phenoxy) is 1. The third-order valence-corrected chi connectivity index (χ3v) is 4.42. The van der Waals surface area contributed by atoms with Crippen molar-refractivity contribution in [1.29, 1.82) is 0 Å². The van der Waals surface area contributed by atoms with Crippen LogP contribution in [0.5, 0.6) is 5.75 Å². The first-order valence-electron chi connectivity index (χ1n) is 9.01. The number of rotatable bonds is 4. The van der Waals surface area contributed by atoms with Crippen LogP contribution in [0, 0.1) is 5.82 Å². The molecule has 0 fully saturated rings. The van der Waals surface area contributed by atoms with Gasteiger partial charge in [0.15, 0.2) is 11.5 Å². The van der Waals surface area contributed by atoms with Gasteiger partial charge in [-0.25, -0.2) is 4.39 Å². The number of hydrogen-bond acceptors (Lipinski definition) is 3. The van der Waals surface area contributed by atoms with Gasteiger partial charge in [-0.2, -0.15) is 0 Å². The number of carbonyl (C=O) groups excluding carboxylic acids is 2. The molecule has 0 aliphatic carbocycles. The highest BCUT2D eigenvalue weighted by molar-refractivity contribution is 6.08. The molecule has 0 radical (unpaired) electrons. The number of fused-ring (bicyclic) bond motifs is 1. The van der Waals surface area contributed by atoms with Gasteiger partial charge in [-0.3, -0.25) is 9.59 Å². The maximum Gasteiger partial charge on any atom is 0.291 e. The SMILES string of the molecule is O=C1Nc2ccccc2O/C1=C\c1ccc(C(=O)NCc2ccc(F)cc2)cc1. The van der Waals surface area contributed by atoms with Crippen molar-refractivity contribution < 1.29 is 18.7 Å². The van der Waals surface area contributed by atoms with Gasteiger partial charge in [0.05, 0.1) is 5.69 Å². The molecule has 0 bridgehead atoms. The third-order valence-electron chi connectivity index (χ3n) is 4.42. The van der Waals surface area contributed by atoms with E-state index in [9.17, 15) is 14.0 Å². The van der Waals surface area contributed by atoms with Gasteiger partial charge < -0.3 is 15.4 Å². The molecule has 5 nitrogen and oxygen atoms in total. The Hall–Kier alpha value is -3.93. The maximum absolute atomic E-state index is 12.9. The lowest BCUT2D eigenvalue weighted by molar-refractivity contribution is -0.115. The van der Waals surface area contributed by atoms with Crippen LogP contribution in [0.3, 0.4) is 0 Å². The maximum atomic E-state index is 12.9. The Kier molecular flexibility index (Phi) is 5.07. The smallest absolute Gasteiger partial charge is 0.291 e. The van der Waals surface area contributed by atoms with Crippen molar-refractivity contribution in [2.24, 2.45) is 0 Å². The van der Waals surface area contributed by atoms with Crippen molar-refractivity contribution in [2.75, 3.05) is 5.32 Å². The lowest BCUT2D eigenvalue weighted by Gasteiger charge is -2.19. The van der Waals surface area contributed by atoms with Gasteiger partial charge in [-0.15, -0.1) is 0 Å². The summed E-state index contributed by atoms with van der Waals surface area (Å²) in [5.41, 5.74) is 2.64. The van der Waals surface area contributed by atoms with Gasteiger partial charge in [-0.1, -0.05) is 36.4 Å². The van der Waals surface area contributed by atoms with E-state index < -0.39 is 0 Å². The molecule has 0 spiro atoms. The second-order valence-corrected chi connectivity index (χ2v) is 6.49. The van der Waals surface area contributed by atoms with Crippen molar-refractivity contribution in [1.82, 2.24) is 5.32 Å². The Morgan fingerprint density at radius 3 is 2.48 bits per heavy atom. The molecule has 0 saturated carbocycles. The van der Waals surface area contributed by atoms with Gasteiger partial charge in [-0.05, 0) is 53.6 Å². The first kappa shape index (κ1) is 18.4. The van der Waals surface area contributed by atoms with E-state index in [1.54, 1.807) is 54.6 Å². The largest absolute Gasteiger partial charge is 0.449 e. The monoisotopic (exact) mass is 388 g/mol. The summed E-state index contributed by atoms with van der Waals surface area (Å²) >= 11 is 0. The molecule has 29 heavy (non-hydrogen) atoms. The lowest BCUT2D eigenvalue weighted by atomic mass is 10.1. The van der Waals surface area contributed by atoms with E-state index >= 15 is 0 Å². The van der Waals surface area contributed by atoms with Crippen LogP contribution in [0.4, 0.5) is 10.1 Å². The standard InChI is InChI=1S/C23H17FN2O3/c24-18-11-7-16(8-12-18)14-25-22(27)17-9-5-15(6-10-17)13-21-23(28)26-19-3-1-2-4-20(19)29-21/h1-13H,14H2,(H,25,27)(H,26,28)/b21-13-. The van der Waals surface area contributed by atoms with Crippen LogP contribution < -0.4 is 15.4 Å². The second-order valence-electron chi connectivity index (χ2n) is 6.49. The zero-order valence-electron chi connectivity index (χ0n) is 15.3. The van der Waals surface area contributed by atoms with Crippen molar-refractivity contribution in [3.8, 4) is 5.75 Å². The summed E-state index contributed by atoms with van der Waals surface area (Å²) in [5.74, 6) is -0.129. The first-order chi connectivity index (χ1) is 14.1. The fourth-order valence-corrected chi connectivity index (χ4v) is 2.87. The van der Waals surface area contributed by atoms with Gasteiger partial charge >= 0.3 is 0 Å². The Balaban J connectivity index is 1.42. The van der Waals surface area contributed by atoms with E-state index in [-0.39, 0.29) is 23.4 Å². The number of benzene rings is 3. The lowest BCUT2D eigenvalue weighted by Crippen LogP contribution is -2.23. The van der Waals surface area contributed by atoms with Crippen molar-refractivity contribution in [2.45, 2.75) is 6.54 Å².